The molecule has 0 aliphatic carbocycles. The van der Waals surface area contributed by atoms with E-state index in [0.29, 0.717) is 9.76 Å². The van der Waals surface area contributed by atoms with Crippen molar-refractivity contribution < 1.29 is 41.7 Å². The molecule has 0 aliphatic rings. The molecule has 0 radical (unpaired) electrons. The Labute approximate surface area is 99.3 Å². The molecule has 0 N–H and O–H groups in total. The van der Waals surface area contributed by atoms with Gasteiger partial charge in [-0.25, -0.2) is 0 Å². The average molecular weight is 289 g/mol. The molecule has 6 nitrogen and oxygen atoms in total. The van der Waals surface area contributed by atoms with Gasteiger partial charge in [0.1, 0.15) is 0 Å². The summed E-state index contributed by atoms with van der Waals surface area (Å²) in [5, 5.41) is 10.9. The van der Waals surface area contributed by atoms with Crippen LogP contribution in [0.1, 0.15) is 0 Å². The number of aromatic nitrogens is 1. The van der Waals surface area contributed by atoms with Crippen molar-refractivity contribution in [3.8, 4) is 0 Å². The fourth-order valence-electron chi connectivity index (χ4n) is 0.419. The van der Waals surface area contributed by atoms with Gasteiger partial charge < -0.3 is 14.3 Å². The minimum atomic E-state index is -5.17. The van der Waals surface area contributed by atoms with Gasteiger partial charge in [-0.15, -0.1) is 0 Å². The zero-order chi connectivity index (χ0) is 10.5. The van der Waals surface area contributed by atoms with Crippen molar-refractivity contribution in [1.29, 1.82) is 0 Å². The second kappa shape index (κ2) is 7.13. The van der Waals surface area contributed by atoms with Crippen molar-refractivity contribution >= 4 is 23.0 Å². The smallest absolute Gasteiger partial charge is 0.759 e. The van der Waals surface area contributed by atoms with Crippen LogP contribution in [0.3, 0.4) is 0 Å². The molecule has 0 saturated heterocycles. The van der Waals surface area contributed by atoms with Gasteiger partial charge in [-0.05, 0) is 6.07 Å². The van der Waals surface area contributed by atoms with Crippen LogP contribution in [0.25, 0.3) is 0 Å². The Balaban J connectivity index is 0. The maximum absolute atomic E-state index is 10.5. The number of rotatable bonds is 0. The maximum atomic E-state index is 10.5. The van der Waals surface area contributed by atoms with Crippen LogP contribution in [0.2, 0.25) is 0 Å². The molecule has 14 heavy (non-hydrogen) atoms. The third-order valence-electron chi connectivity index (χ3n) is 0.804. The first kappa shape index (κ1) is 16.2. The van der Waals surface area contributed by atoms with E-state index < -0.39 is 10.4 Å². The van der Waals surface area contributed by atoms with E-state index >= 15 is 0 Å². The van der Waals surface area contributed by atoms with Gasteiger partial charge in [-0.1, -0.05) is 12.6 Å². The molecule has 0 saturated carbocycles. The molecule has 0 aromatic carbocycles. The van der Waals surface area contributed by atoms with Crippen LogP contribution < -0.4 is 4.73 Å². The molecule has 1 aromatic rings. The molecule has 0 unspecified atom stereocenters. The number of pyridine rings is 1. The van der Waals surface area contributed by atoms with Gasteiger partial charge >= 0.3 is 19.5 Å². The Morgan fingerprint density at radius 1 is 1.29 bits per heavy atom. The summed E-state index contributed by atoms with van der Waals surface area (Å²) in [4.78, 5) is 0. The molecule has 0 bridgehead atoms. The van der Waals surface area contributed by atoms with E-state index in [2.05, 4.69) is 12.6 Å². The first-order valence-corrected chi connectivity index (χ1v) is 4.62. The molecule has 0 aliphatic heterocycles. The maximum Gasteiger partial charge on any atom is 2.00 e. The molecule has 0 fully saturated rings. The van der Waals surface area contributed by atoms with E-state index in [1.54, 1.807) is 18.2 Å². The van der Waals surface area contributed by atoms with E-state index in [1.165, 1.54) is 6.20 Å². The molecular weight excluding hydrogens is 284 g/mol. The van der Waals surface area contributed by atoms with Crippen LogP contribution in [0.4, 0.5) is 0 Å². The third kappa shape index (κ3) is 11.8. The SMILES string of the molecule is O=S(=O)([O-])[O-].[O-][n+]1ccccc1S.[Zn+2]. The molecule has 0 amide bonds. The second-order valence-corrected chi connectivity index (χ2v) is 3.07. The monoisotopic (exact) mass is 287 g/mol. The van der Waals surface area contributed by atoms with Crippen molar-refractivity contribution in [1.82, 2.24) is 0 Å². The summed E-state index contributed by atoms with van der Waals surface area (Å²) in [6.07, 6.45) is 1.41. The normalized spacial score (nSPS) is 9.36. The van der Waals surface area contributed by atoms with Crippen LogP contribution in [0.15, 0.2) is 29.4 Å². The Kier molecular flexibility index (Phi) is 8.27. The molecule has 0 atom stereocenters. The average Bonchev–Trinajstić information content (AvgIpc) is 1.92. The summed E-state index contributed by atoms with van der Waals surface area (Å²) in [6, 6.07) is 5.06. The van der Waals surface area contributed by atoms with E-state index in [-0.39, 0.29) is 19.5 Å². The second-order valence-electron chi connectivity index (χ2n) is 1.79. The fraction of sp³-hybridized carbons (Fsp3) is 0. The minimum absolute atomic E-state index is 0. The summed E-state index contributed by atoms with van der Waals surface area (Å²) in [7, 11) is -5.17. The van der Waals surface area contributed by atoms with Crippen LogP contribution in [-0.4, -0.2) is 17.5 Å². The van der Waals surface area contributed by atoms with Gasteiger partial charge in [-0.3, -0.25) is 8.42 Å². The number of hydrogen-bond acceptors (Lipinski definition) is 6. The van der Waals surface area contributed by atoms with E-state index in [4.69, 9.17) is 17.5 Å². The predicted molar refractivity (Wildman–Crippen MR) is 43.1 cm³/mol. The molecule has 9 heteroatoms. The van der Waals surface area contributed by atoms with Crippen LogP contribution in [0.5, 0.6) is 0 Å². The van der Waals surface area contributed by atoms with Gasteiger partial charge in [0.25, 0.3) is 0 Å². The Morgan fingerprint density at radius 3 is 1.93 bits per heavy atom. The van der Waals surface area contributed by atoms with Crippen molar-refractivity contribution in [3.63, 3.8) is 0 Å². The molecule has 74 valence electrons. The third-order valence-corrected chi connectivity index (χ3v) is 1.15. The largest absolute Gasteiger partial charge is 2.00 e. The van der Waals surface area contributed by atoms with Crippen LogP contribution in [-0.2, 0) is 29.9 Å². The number of hydrogen-bond donors (Lipinski definition) is 1. The molecule has 1 aromatic heterocycles. The molecular formula is C5H5NO5S2Zn. The quantitative estimate of drug-likeness (QED) is 0.169. The summed E-state index contributed by atoms with van der Waals surface area (Å²) >= 11 is 3.85. The summed E-state index contributed by atoms with van der Waals surface area (Å²) in [5.41, 5.74) is 0. The predicted octanol–water partition coefficient (Wildman–Crippen LogP) is -0.732. The van der Waals surface area contributed by atoms with Gasteiger partial charge in [-0.2, -0.15) is 4.73 Å². The Hall–Kier alpha value is -0.207. The van der Waals surface area contributed by atoms with Gasteiger partial charge in [0, 0.05) is 22.5 Å². The van der Waals surface area contributed by atoms with Crippen LogP contribution in [0, 0.1) is 5.21 Å². The molecule has 1 heterocycles. The van der Waals surface area contributed by atoms with Gasteiger partial charge in [0.15, 0.2) is 6.20 Å². The minimum Gasteiger partial charge on any atom is -0.759 e. The first-order valence-electron chi connectivity index (χ1n) is 2.84. The summed E-state index contributed by atoms with van der Waals surface area (Å²) < 4.78 is 34.8. The molecule has 0 spiro atoms. The summed E-state index contributed by atoms with van der Waals surface area (Å²) in [6.45, 7) is 0. The van der Waals surface area contributed by atoms with Gasteiger partial charge in [0.05, 0.1) is 0 Å². The van der Waals surface area contributed by atoms with Crippen molar-refractivity contribution in [2.75, 3.05) is 0 Å². The zero-order valence-corrected chi connectivity index (χ0v) is 11.5. The number of nitrogens with zero attached hydrogens (tertiary/aromatic N) is 1. The first-order chi connectivity index (χ1) is 5.80. The fourth-order valence-corrected chi connectivity index (χ4v) is 0.572. The summed E-state index contributed by atoms with van der Waals surface area (Å²) in [5.74, 6) is 0. The van der Waals surface area contributed by atoms with Crippen LogP contribution >= 0.6 is 12.6 Å². The van der Waals surface area contributed by atoms with Gasteiger partial charge in [0.2, 0.25) is 5.03 Å². The number of thiol groups is 1. The van der Waals surface area contributed by atoms with E-state index in [0.717, 1.165) is 0 Å². The zero-order valence-electron chi connectivity index (χ0n) is 6.86. The Morgan fingerprint density at radius 2 is 1.71 bits per heavy atom. The van der Waals surface area contributed by atoms with Crippen molar-refractivity contribution in [3.05, 3.63) is 29.6 Å². The van der Waals surface area contributed by atoms with E-state index in [1.807, 2.05) is 0 Å². The van der Waals surface area contributed by atoms with Crippen molar-refractivity contribution in [2.45, 2.75) is 5.03 Å². The standard InChI is InChI=1S/C5H5NOS.H2O4S.Zn/c7-6-4-2-1-3-5(6)8;1-5(2,3)4;/h1-4,8H;(H2,1,2,3,4);/q;;+2/p-2. The van der Waals surface area contributed by atoms with Crippen molar-refractivity contribution in [2.24, 2.45) is 0 Å². The topological polar surface area (TPSA) is 107 Å². The molecule has 1 rings (SSSR count). The van der Waals surface area contributed by atoms with E-state index in [9.17, 15) is 5.21 Å². The Bertz CT molecular complexity index is 339.